The van der Waals surface area contributed by atoms with E-state index in [4.69, 9.17) is 10.3 Å². The van der Waals surface area contributed by atoms with Crippen LogP contribution in [0, 0.1) is 0 Å². The molecular weight excluding hydrogens is 246 g/mol. The fourth-order valence-corrected chi connectivity index (χ4v) is 1.90. The van der Waals surface area contributed by atoms with E-state index in [1.54, 1.807) is 0 Å². The summed E-state index contributed by atoms with van der Waals surface area (Å²) in [6.07, 6.45) is -0.325. The van der Waals surface area contributed by atoms with Gasteiger partial charge >= 0.3 is 0 Å². The van der Waals surface area contributed by atoms with Gasteiger partial charge in [0.15, 0.2) is 5.78 Å². The van der Waals surface area contributed by atoms with Crippen molar-refractivity contribution in [3.8, 4) is 0 Å². The number of benzene rings is 1. The number of rotatable bonds is 4. The first-order valence-corrected chi connectivity index (χ1v) is 6.05. The molecule has 7 heteroatoms. The summed E-state index contributed by atoms with van der Waals surface area (Å²) in [6.45, 7) is 1.25. The van der Waals surface area contributed by atoms with E-state index < -0.39 is 20.8 Å². The minimum atomic E-state index is -4.48. The monoisotopic (exact) mass is 257 g/mol. The van der Waals surface area contributed by atoms with Gasteiger partial charge in [0.05, 0.1) is 12.1 Å². The molecule has 92 valence electrons. The minimum Gasteiger partial charge on any atom is -0.398 e. The van der Waals surface area contributed by atoms with Crippen LogP contribution in [0.3, 0.4) is 0 Å². The minimum absolute atomic E-state index is 0.0158. The molecule has 0 unspecified atom stereocenters. The molecule has 1 aromatic carbocycles. The topological polar surface area (TPSA) is 115 Å². The molecule has 6 nitrogen and oxygen atoms in total. The molecular formula is C10H11NO5S. The van der Waals surface area contributed by atoms with E-state index in [-0.39, 0.29) is 23.5 Å². The third-order valence-corrected chi connectivity index (χ3v) is 2.93. The van der Waals surface area contributed by atoms with Gasteiger partial charge in [-0.05, 0) is 25.1 Å². The van der Waals surface area contributed by atoms with E-state index >= 15 is 0 Å². The standard InChI is InChI=1S/C10H11NO5S/c1-6(12)4-9(13)7-2-3-8(11)10(5-7)17(14,15)16/h2-3,5H,4,11H2,1H3,(H,14,15,16). The van der Waals surface area contributed by atoms with Gasteiger partial charge in [0.25, 0.3) is 10.1 Å². The normalized spacial score (nSPS) is 11.2. The number of carbonyl (C=O) groups is 2. The lowest BCUT2D eigenvalue weighted by molar-refractivity contribution is -0.116. The molecule has 0 saturated carbocycles. The number of Topliss-reactive ketones (excluding diaryl/α,β-unsaturated/α-hetero) is 2. The molecule has 0 aliphatic heterocycles. The van der Waals surface area contributed by atoms with Gasteiger partial charge < -0.3 is 5.73 Å². The lowest BCUT2D eigenvalue weighted by Gasteiger charge is -2.04. The maximum Gasteiger partial charge on any atom is 0.296 e. The molecule has 1 aromatic rings. The van der Waals surface area contributed by atoms with Gasteiger partial charge in [-0.15, -0.1) is 0 Å². The van der Waals surface area contributed by atoms with Gasteiger partial charge in [-0.2, -0.15) is 8.42 Å². The molecule has 0 saturated heterocycles. The molecule has 0 aromatic heterocycles. The van der Waals surface area contributed by atoms with Crippen LogP contribution in [-0.4, -0.2) is 24.5 Å². The quantitative estimate of drug-likeness (QED) is 0.354. The van der Waals surface area contributed by atoms with E-state index in [1.165, 1.54) is 19.1 Å². The van der Waals surface area contributed by atoms with Crippen LogP contribution in [0.25, 0.3) is 0 Å². The Morgan fingerprint density at radius 2 is 1.94 bits per heavy atom. The van der Waals surface area contributed by atoms with Crippen molar-refractivity contribution in [2.75, 3.05) is 5.73 Å². The van der Waals surface area contributed by atoms with Crippen LogP contribution >= 0.6 is 0 Å². The van der Waals surface area contributed by atoms with Gasteiger partial charge in [-0.25, -0.2) is 0 Å². The van der Waals surface area contributed by atoms with Crippen LogP contribution in [0.2, 0.25) is 0 Å². The second-order valence-corrected chi connectivity index (χ2v) is 4.92. The summed E-state index contributed by atoms with van der Waals surface area (Å²) in [6, 6.07) is 3.45. The SMILES string of the molecule is CC(=O)CC(=O)c1ccc(N)c(S(=O)(=O)O)c1. The summed E-state index contributed by atoms with van der Waals surface area (Å²) in [5.74, 6) is -0.859. The smallest absolute Gasteiger partial charge is 0.296 e. The van der Waals surface area contributed by atoms with Crippen molar-refractivity contribution >= 4 is 27.4 Å². The highest BCUT2D eigenvalue weighted by Crippen LogP contribution is 2.20. The molecule has 0 heterocycles. The van der Waals surface area contributed by atoms with E-state index in [0.29, 0.717) is 0 Å². The summed E-state index contributed by atoms with van der Waals surface area (Å²) in [4.78, 5) is 21.7. The molecule has 3 N–H and O–H groups in total. The lowest BCUT2D eigenvalue weighted by atomic mass is 10.1. The Morgan fingerprint density at radius 3 is 2.41 bits per heavy atom. The van der Waals surface area contributed by atoms with E-state index in [9.17, 15) is 18.0 Å². The maximum atomic E-state index is 11.5. The Bertz CT molecular complexity index is 576. The Hall–Kier alpha value is -1.73. The summed E-state index contributed by atoms with van der Waals surface area (Å²) in [5, 5.41) is 0. The van der Waals surface area contributed by atoms with Crippen molar-refractivity contribution in [1.29, 1.82) is 0 Å². The molecule has 0 bridgehead atoms. The van der Waals surface area contributed by atoms with Crippen LogP contribution < -0.4 is 5.73 Å². The first-order valence-electron chi connectivity index (χ1n) is 4.61. The third-order valence-electron chi connectivity index (χ3n) is 2.02. The maximum absolute atomic E-state index is 11.5. The number of nitrogen functional groups attached to an aromatic ring is 1. The number of ketones is 2. The van der Waals surface area contributed by atoms with Crippen molar-refractivity contribution in [3.63, 3.8) is 0 Å². The van der Waals surface area contributed by atoms with Crippen LogP contribution in [0.5, 0.6) is 0 Å². The first kappa shape index (κ1) is 13.3. The Labute approximate surface area is 98.2 Å². The number of carbonyl (C=O) groups excluding carboxylic acids is 2. The fourth-order valence-electron chi connectivity index (χ4n) is 1.26. The largest absolute Gasteiger partial charge is 0.398 e. The molecule has 0 radical (unpaired) electrons. The summed E-state index contributed by atoms with van der Waals surface area (Å²) < 4.78 is 30.8. The molecule has 0 spiro atoms. The fraction of sp³-hybridized carbons (Fsp3) is 0.200. The second kappa shape index (κ2) is 4.64. The average molecular weight is 257 g/mol. The van der Waals surface area contributed by atoms with Crippen molar-refractivity contribution < 1.29 is 22.6 Å². The van der Waals surface area contributed by atoms with E-state index in [2.05, 4.69) is 0 Å². The number of hydrogen-bond donors (Lipinski definition) is 2. The predicted molar refractivity (Wildman–Crippen MR) is 60.3 cm³/mol. The van der Waals surface area contributed by atoms with Crippen LogP contribution in [0.15, 0.2) is 23.1 Å². The van der Waals surface area contributed by atoms with Crippen LogP contribution in [0.4, 0.5) is 5.69 Å². The van der Waals surface area contributed by atoms with Crippen LogP contribution in [0.1, 0.15) is 23.7 Å². The van der Waals surface area contributed by atoms with Crippen molar-refractivity contribution in [1.82, 2.24) is 0 Å². The zero-order chi connectivity index (χ0) is 13.2. The van der Waals surface area contributed by atoms with Crippen molar-refractivity contribution in [2.24, 2.45) is 0 Å². The van der Waals surface area contributed by atoms with E-state index in [0.717, 1.165) is 6.07 Å². The highest BCUT2D eigenvalue weighted by atomic mass is 32.2. The van der Waals surface area contributed by atoms with Crippen molar-refractivity contribution in [2.45, 2.75) is 18.2 Å². The molecule has 0 aliphatic carbocycles. The zero-order valence-electron chi connectivity index (χ0n) is 9.00. The first-order chi connectivity index (χ1) is 7.71. The van der Waals surface area contributed by atoms with E-state index in [1.807, 2.05) is 0 Å². The number of hydrogen-bond acceptors (Lipinski definition) is 5. The Morgan fingerprint density at radius 1 is 1.35 bits per heavy atom. The molecule has 0 aliphatic rings. The van der Waals surface area contributed by atoms with Crippen molar-refractivity contribution in [3.05, 3.63) is 23.8 Å². The van der Waals surface area contributed by atoms with Gasteiger partial charge in [-0.1, -0.05) is 0 Å². The summed E-state index contributed by atoms with van der Waals surface area (Å²) >= 11 is 0. The number of anilines is 1. The molecule has 0 amide bonds. The Balaban J connectivity index is 3.22. The zero-order valence-corrected chi connectivity index (χ0v) is 9.82. The van der Waals surface area contributed by atoms with Gasteiger partial charge in [0.2, 0.25) is 0 Å². The lowest BCUT2D eigenvalue weighted by Crippen LogP contribution is -2.08. The second-order valence-electron chi connectivity index (χ2n) is 3.53. The predicted octanol–water partition coefficient (Wildman–Crippen LogP) is 0.677. The molecule has 0 fully saturated rings. The molecule has 1 rings (SSSR count). The van der Waals surface area contributed by atoms with Gasteiger partial charge in [-0.3, -0.25) is 14.1 Å². The van der Waals surface area contributed by atoms with Gasteiger partial charge in [0.1, 0.15) is 10.7 Å². The highest BCUT2D eigenvalue weighted by Gasteiger charge is 2.17. The van der Waals surface area contributed by atoms with Gasteiger partial charge in [0, 0.05) is 5.56 Å². The number of nitrogens with two attached hydrogens (primary N) is 1. The Kier molecular flexibility index (Phi) is 3.64. The molecule has 0 atom stereocenters. The third kappa shape index (κ3) is 3.36. The highest BCUT2D eigenvalue weighted by molar-refractivity contribution is 7.86. The average Bonchev–Trinajstić information content (AvgIpc) is 2.15. The molecule has 17 heavy (non-hydrogen) atoms. The van der Waals surface area contributed by atoms with Crippen LogP contribution in [-0.2, 0) is 14.9 Å². The summed E-state index contributed by atoms with van der Waals surface area (Å²) in [7, 11) is -4.48. The summed E-state index contributed by atoms with van der Waals surface area (Å²) in [5.41, 5.74) is 5.22.